The van der Waals surface area contributed by atoms with E-state index in [9.17, 15) is 8.42 Å². The SMILES string of the molecule is N#Cc1ccc(S(=O)(=O)Oc2ccccc2)cc1. The van der Waals surface area contributed by atoms with Gasteiger partial charge in [0.15, 0.2) is 0 Å². The van der Waals surface area contributed by atoms with E-state index in [1.165, 1.54) is 24.3 Å². The van der Waals surface area contributed by atoms with Crippen molar-refractivity contribution in [3.05, 3.63) is 60.2 Å². The van der Waals surface area contributed by atoms with Crippen LogP contribution in [0.2, 0.25) is 0 Å². The maximum Gasteiger partial charge on any atom is 0.339 e. The first-order chi connectivity index (χ1) is 8.62. The van der Waals surface area contributed by atoms with E-state index in [0.717, 1.165) is 0 Å². The second kappa shape index (κ2) is 4.90. The van der Waals surface area contributed by atoms with Crippen LogP contribution in [0.5, 0.6) is 5.75 Å². The van der Waals surface area contributed by atoms with Crippen LogP contribution in [0, 0.1) is 11.3 Å². The number of nitriles is 1. The fourth-order valence-corrected chi connectivity index (χ4v) is 2.28. The van der Waals surface area contributed by atoms with Crippen LogP contribution >= 0.6 is 0 Å². The van der Waals surface area contributed by atoms with Crippen LogP contribution in [0.25, 0.3) is 0 Å². The van der Waals surface area contributed by atoms with Gasteiger partial charge in [-0.2, -0.15) is 13.7 Å². The molecule has 2 aromatic carbocycles. The fourth-order valence-electron chi connectivity index (χ4n) is 1.35. The highest BCUT2D eigenvalue weighted by atomic mass is 32.2. The third-order valence-electron chi connectivity index (χ3n) is 2.22. The Balaban J connectivity index is 2.29. The topological polar surface area (TPSA) is 67.2 Å². The smallest absolute Gasteiger partial charge is 0.339 e. The van der Waals surface area contributed by atoms with E-state index in [-0.39, 0.29) is 10.6 Å². The lowest BCUT2D eigenvalue weighted by atomic mass is 10.2. The van der Waals surface area contributed by atoms with Gasteiger partial charge in [0, 0.05) is 0 Å². The summed E-state index contributed by atoms with van der Waals surface area (Å²) in [5.74, 6) is 0.252. The lowest BCUT2D eigenvalue weighted by Crippen LogP contribution is -2.09. The van der Waals surface area contributed by atoms with Crippen LogP contribution in [0.4, 0.5) is 0 Å². The normalized spacial score (nSPS) is 10.6. The molecule has 5 heteroatoms. The van der Waals surface area contributed by atoms with E-state index in [1.54, 1.807) is 30.3 Å². The molecule has 0 amide bonds. The van der Waals surface area contributed by atoms with Crippen LogP contribution in [0.15, 0.2) is 59.5 Å². The molecule has 0 unspecified atom stereocenters. The van der Waals surface area contributed by atoms with Gasteiger partial charge in [-0.25, -0.2) is 0 Å². The molecule has 0 saturated carbocycles. The molecule has 0 heterocycles. The summed E-state index contributed by atoms with van der Waals surface area (Å²) in [6.45, 7) is 0. The summed E-state index contributed by atoms with van der Waals surface area (Å²) in [5.41, 5.74) is 0.397. The molecule has 90 valence electrons. The Morgan fingerprint density at radius 3 is 2.11 bits per heavy atom. The van der Waals surface area contributed by atoms with Crippen molar-refractivity contribution in [2.24, 2.45) is 0 Å². The number of hydrogen-bond acceptors (Lipinski definition) is 4. The molecule has 18 heavy (non-hydrogen) atoms. The highest BCUT2D eigenvalue weighted by molar-refractivity contribution is 7.87. The summed E-state index contributed by atoms with van der Waals surface area (Å²) in [5, 5.41) is 8.64. The fraction of sp³-hybridized carbons (Fsp3) is 0. The van der Waals surface area contributed by atoms with E-state index < -0.39 is 10.1 Å². The molecule has 2 aromatic rings. The third kappa shape index (κ3) is 2.67. The number of para-hydroxylation sites is 1. The second-order valence-corrected chi connectivity index (χ2v) is 5.03. The minimum Gasteiger partial charge on any atom is -0.379 e. The monoisotopic (exact) mass is 259 g/mol. The van der Waals surface area contributed by atoms with Crippen LogP contribution in [-0.2, 0) is 10.1 Å². The zero-order valence-electron chi connectivity index (χ0n) is 9.28. The first-order valence-electron chi connectivity index (χ1n) is 5.11. The number of hydrogen-bond donors (Lipinski definition) is 0. The van der Waals surface area contributed by atoms with Crippen molar-refractivity contribution >= 4 is 10.1 Å². The first kappa shape index (κ1) is 12.1. The quantitative estimate of drug-likeness (QED) is 0.793. The zero-order valence-corrected chi connectivity index (χ0v) is 10.1. The maximum absolute atomic E-state index is 11.9. The van der Waals surface area contributed by atoms with E-state index in [1.807, 2.05) is 6.07 Å². The van der Waals surface area contributed by atoms with Gasteiger partial charge in [-0.3, -0.25) is 0 Å². The Kier molecular flexibility index (Phi) is 3.31. The van der Waals surface area contributed by atoms with Gasteiger partial charge in [0.05, 0.1) is 11.6 Å². The van der Waals surface area contributed by atoms with Gasteiger partial charge < -0.3 is 4.18 Å². The van der Waals surface area contributed by atoms with E-state index in [4.69, 9.17) is 9.44 Å². The highest BCUT2D eigenvalue weighted by Crippen LogP contribution is 2.18. The molecule has 0 fully saturated rings. The van der Waals surface area contributed by atoms with Crippen LogP contribution < -0.4 is 4.18 Å². The van der Waals surface area contributed by atoms with Crippen molar-refractivity contribution in [1.82, 2.24) is 0 Å². The Bertz CT molecular complexity index is 670. The summed E-state index contributed by atoms with van der Waals surface area (Å²) >= 11 is 0. The third-order valence-corrected chi connectivity index (χ3v) is 3.48. The van der Waals surface area contributed by atoms with E-state index >= 15 is 0 Å². The lowest BCUT2D eigenvalue weighted by molar-refractivity contribution is 0.486. The molecule has 0 aliphatic heterocycles. The summed E-state index contributed by atoms with van der Waals surface area (Å²) in [6, 6.07) is 15.7. The average molecular weight is 259 g/mol. The molecule has 0 aliphatic carbocycles. The Hall–Kier alpha value is -2.32. The Morgan fingerprint density at radius 1 is 0.944 bits per heavy atom. The highest BCUT2D eigenvalue weighted by Gasteiger charge is 2.16. The van der Waals surface area contributed by atoms with Gasteiger partial charge in [0.2, 0.25) is 0 Å². The molecule has 0 aromatic heterocycles. The Labute approximate surface area is 105 Å². The average Bonchev–Trinajstić information content (AvgIpc) is 2.39. The summed E-state index contributed by atoms with van der Waals surface area (Å²) < 4.78 is 28.7. The molecule has 0 spiro atoms. The van der Waals surface area contributed by atoms with Crippen LogP contribution in [-0.4, -0.2) is 8.42 Å². The van der Waals surface area contributed by atoms with Gasteiger partial charge in [-0.15, -0.1) is 0 Å². The predicted molar refractivity (Wildman–Crippen MR) is 65.4 cm³/mol. The van der Waals surface area contributed by atoms with Crippen LogP contribution in [0.3, 0.4) is 0 Å². The van der Waals surface area contributed by atoms with Crippen molar-refractivity contribution in [2.45, 2.75) is 4.90 Å². The van der Waals surface area contributed by atoms with Gasteiger partial charge in [0.1, 0.15) is 10.6 Å². The van der Waals surface area contributed by atoms with Crippen molar-refractivity contribution in [3.8, 4) is 11.8 Å². The zero-order chi connectivity index (χ0) is 13.0. The molecule has 0 bridgehead atoms. The van der Waals surface area contributed by atoms with Crippen molar-refractivity contribution in [2.75, 3.05) is 0 Å². The number of rotatable bonds is 3. The molecule has 0 N–H and O–H groups in total. The van der Waals surface area contributed by atoms with Crippen molar-refractivity contribution in [1.29, 1.82) is 5.26 Å². The van der Waals surface area contributed by atoms with Crippen molar-refractivity contribution in [3.63, 3.8) is 0 Å². The minimum absolute atomic E-state index is 0.0188. The standard InChI is InChI=1S/C13H9NO3S/c14-10-11-6-8-13(9-7-11)18(15,16)17-12-4-2-1-3-5-12/h1-9H. The summed E-state index contributed by atoms with van der Waals surface area (Å²) in [6.07, 6.45) is 0. The van der Waals surface area contributed by atoms with Gasteiger partial charge in [0.25, 0.3) is 0 Å². The second-order valence-electron chi connectivity index (χ2n) is 3.49. The minimum atomic E-state index is -3.85. The number of benzene rings is 2. The van der Waals surface area contributed by atoms with Gasteiger partial charge in [-0.1, -0.05) is 18.2 Å². The largest absolute Gasteiger partial charge is 0.379 e. The van der Waals surface area contributed by atoms with Crippen LogP contribution in [0.1, 0.15) is 5.56 Å². The van der Waals surface area contributed by atoms with Gasteiger partial charge >= 0.3 is 10.1 Å². The summed E-state index contributed by atoms with van der Waals surface area (Å²) in [4.78, 5) is 0.0188. The Morgan fingerprint density at radius 2 is 1.56 bits per heavy atom. The lowest BCUT2D eigenvalue weighted by Gasteiger charge is -2.06. The molecular weight excluding hydrogens is 250 g/mol. The first-order valence-corrected chi connectivity index (χ1v) is 6.52. The van der Waals surface area contributed by atoms with Crippen molar-refractivity contribution < 1.29 is 12.6 Å². The number of nitrogens with zero attached hydrogens (tertiary/aromatic N) is 1. The molecule has 0 radical (unpaired) electrons. The predicted octanol–water partition coefficient (Wildman–Crippen LogP) is 2.33. The molecular formula is C13H9NO3S. The molecule has 2 rings (SSSR count). The van der Waals surface area contributed by atoms with E-state index in [2.05, 4.69) is 0 Å². The maximum atomic E-state index is 11.9. The summed E-state index contributed by atoms with van der Waals surface area (Å²) in [7, 11) is -3.85. The van der Waals surface area contributed by atoms with Gasteiger partial charge in [-0.05, 0) is 36.4 Å². The molecule has 0 saturated heterocycles. The molecule has 0 aliphatic rings. The van der Waals surface area contributed by atoms with E-state index in [0.29, 0.717) is 5.56 Å². The molecule has 0 atom stereocenters. The molecule has 4 nitrogen and oxygen atoms in total.